The molecule has 6 atom stereocenters. The molecule has 2 bridgehead atoms. The van der Waals surface area contributed by atoms with Gasteiger partial charge in [-0.1, -0.05) is 27.2 Å². The van der Waals surface area contributed by atoms with Gasteiger partial charge in [-0.3, -0.25) is 0 Å². The molecule has 0 aromatic carbocycles. The van der Waals surface area contributed by atoms with Gasteiger partial charge in [0.15, 0.2) is 0 Å². The number of rotatable bonds is 1. The predicted octanol–water partition coefficient (Wildman–Crippen LogP) is 4.14. The minimum Gasteiger partial charge on any atom is -0.393 e. The van der Waals surface area contributed by atoms with E-state index >= 15 is 0 Å². The summed E-state index contributed by atoms with van der Waals surface area (Å²) in [6.45, 7) is 7.55. The molecule has 2 N–H and O–H groups in total. The van der Waals surface area contributed by atoms with Crippen LogP contribution in [0.2, 0.25) is 0 Å². The first-order valence-electron chi connectivity index (χ1n) is 9.59. The van der Waals surface area contributed by atoms with Crippen LogP contribution < -0.4 is 0 Å². The van der Waals surface area contributed by atoms with Gasteiger partial charge < -0.3 is 10.2 Å². The van der Waals surface area contributed by atoms with Gasteiger partial charge in [-0.25, -0.2) is 0 Å². The monoisotopic (exact) mass is 306 g/mol. The lowest BCUT2D eigenvalue weighted by atomic mass is 9.41. The molecular formula is C20H34O2. The quantitative estimate of drug-likeness (QED) is 0.764. The van der Waals surface area contributed by atoms with Gasteiger partial charge in [0.05, 0.1) is 12.2 Å². The van der Waals surface area contributed by atoms with E-state index in [1.54, 1.807) is 0 Å². The van der Waals surface area contributed by atoms with Gasteiger partial charge in [-0.05, 0) is 85.4 Å². The highest BCUT2D eigenvalue weighted by Crippen LogP contribution is 2.72. The van der Waals surface area contributed by atoms with Crippen LogP contribution in [0.4, 0.5) is 0 Å². The van der Waals surface area contributed by atoms with Crippen LogP contribution in [-0.4, -0.2) is 22.4 Å². The van der Waals surface area contributed by atoms with Crippen LogP contribution in [0.25, 0.3) is 0 Å². The molecule has 0 aromatic heterocycles. The molecule has 0 radical (unpaired) electrons. The summed E-state index contributed by atoms with van der Waals surface area (Å²) in [6.07, 6.45) is 11.2. The van der Waals surface area contributed by atoms with Gasteiger partial charge in [0, 0.05) is 0 Å². The Hall–Kier alpha value is -0.0800. The molecule has 2 heteroatoms. The van der Waals surface area contributed by atoms with Crippen LogP contribution in [0.1, 0.15) is 78.6 Å². The molecule has 4 saturated carbocycles. The summed E-state index contributed by atoms with van der Waals surface area (Å²) in [7, 11) is 0. The molecule has 0 amide bonds. The third kappa shape index (κ3) is 1.80. The molecule has 0 unspecified atom stereocenters. The Morgan fingerprint density at radius 1 is 0.955 bits per heavy atom. The molecule has 4 aliphatic carbocycles. The van der Waals surface area contributed by atoms with E-state index in [0.29, 0.717) is 22.2 Å². The molecule has 22 heavy (non-hydrogen) atoms. The van der Waals surface area contributed by atoms with Crippen molar-refractivity contribution < 1.29 is 10.2 Å². The normalized spacial score (nSPS) is 56.3. The van der Waals surface area contributed by atoms with E-state index in [9.17, 15) is 10.2 Å². The highest BCUT2D eigenvalue weighted by Gasteiger charge is 2.66. The fourth-order valence-electron chi connectivity index (χ4n) is 8.13. The maximum Gasteiger partial charge on any atom is 0.0910 e. The summed E-state index contributed by atoms with van der Waals surface area (Å²) in [5.41, 5.74) is 0.504. The van der Waals surface area contributed by atoms with Gasteiger partial charge in [0.25, 0.3) is 0 Å². The van der Waals surface area contributed by atoms with Gasteiger partial charge >= 0.3 is 0 Å². The van der Waals surface area contributed by atoms with Crippen molar-refractivity contribution in [2.45, 2.75) is 84.2 Å². The minimum atomic E-state index is -0.776. The van der Waals surface area contributed by atoms with Crippen LogP contribution >= 0.6 is 0 Å². The summed E-state index contributed by atoms with van der Waals surface area (Å²) in [5.74, 6) is 1.98. The van der Waals surface area contributed by atoms with Crippen molar-refractivity contribution in [2.75, 3.05) is 6.61 Å². The lowest BCUT2D eigenvalue weighted by Gasteiger charge is -2.64. The summed E-state index contributed by atoms with van der Waals surface area (Å²) in [4.78, 5) is 0. The average Bonchev–Trinajstić information content (AvgIpc) is 2.65. The molecule has 0 aliphatic heterocycles. The zero-order valence-corrected chi connectivity index (χ0v) is 14.7. The van der Waals surface area contributed by atoms with Crippen LogP contribution in [0.5, 0.6) is 0 Å². The van der Waals surface area contributed by atoms with Crippen molar-refractivity contribution in [1.29, 1.82) is 0 Å². The lowest BCUT2D eigenvalue weighted by molar-refractivity contribution is -0.145. The van der Waals surface area contributed by atoms with E-state index in [4.69, 9.17) is 0 Å². The first kappa shape index (κ1) is 15.4. The van der Waals surface area contributed by atoms with E-state index in [2.05, 4.69) is 20.8 Å². The van der Waals surface area contributed by atoms with E-state index in [1.807, 2.05) is 0 Å². The number of aliphatic hydroxyl groups is 2. The summed E-state index contributed by atoms with van der Waals surface area (Å²) in [6, 6.07) is 0. The third-order valence-electron chi connectivity index (χ3n) is 8.89. The Kier molecular flexibility index (Phi) is 3.16. The van der Waals surface area contributed by atoms with Gasteiger partial charge in [0.1, 0.15) is 0 Å². The zero-order valence-electron chi connectivity index (χ0n) is 14.7. The Bertz CT molecular complexity index is 472. The summed E-state index contributed by atoms with van der Waals surface area (Å²) < 4.78 is 0. The maximum absolute atomic E-state index is 10.9. The second-order valence-electron chi connectivity index (χ2n) is 10.3. The van der Waals surface area contributed by atoms with Crippen molar-refractivity contribution in [3.63, 3.8) is 0 Å². The number of fused-ring (bicyclic) bond motifs is 3. The number of aliphatic hydroxyl groups excluding tert-OH is 1. The second kappa shape index (κ2) is 4.51. The Morgan fingerprint density at radius 3 is 2.45 bits per heavy atom. The Morgan fingerprint density at radius 2 is 1.73 bits per heavy atom. The van der Waals surface area contributed by atoms with Crippen molar-refractivity contribution in [3.8, 4) is 0 Å². The molecule has 0 heterocycles. The van der Waals surface area contributed by atoms with E-state index in [-0.39, 0.29) is 6.61 Å². The Balaban J connectivity index is 1.72. The standard InChI is InChI=1S/C20H34O2/c1-17(2)8-4-9-18(3)15(17)7-10-19-11-14(5-6-16(18)19)20(22,12-19)13-21/h14-16,21-22H,4-13H2,1-3H3/t14-,15-,16+,18-,19+,20+/m0/s1. The number of hydrogen-bond donors (Lipinski definition) is 2. The van der Waals surface area contributed by atoms with E-state index in [0.717, 1.165) is 24.7 Å². The molecule has 126 valence electrons. The van der Waals surface area contributed by atoms with Crippen LogP contribution in [0, 0.1) is 34.0 Å². The molecule has 4 aliphatic rings. The largest absolute Gasteiger partial charge is 0.393 e. The fourth-order valence-corrected chi connectivity index (χ4v) is 8.13. The highest BCUT2D eigenvalue weighted by molar-refractivity contribution is 5.16. The summed E-state index contributed by atoms with van der Waals surface area (Å²) >= 11 is 0. The van der Waals surface area contributed by atoms with Crippen molar-refractivity contribution >= 4 is 0 Å². The van der Waals surface area contributed by atoms with Gasteiger partial charge in [-0.2, -0.15) is 0 Å². The SMILES string of the molecule is CC1(C)CCC[C@@]2(C)[C@H]1CC[C@]13C[C@H](CC[C@@H]12)[C@](O)(CO)C3. The minimum absolute atomic E-state index is 0.0300. The summed E-state index contributed by atoms with van der Waals surface area (Å²) in [5, 5.41) is 20.7. The van der Waals surface area contributed by atoms with Gasteiger partial charge in [-0.15, -0.1) is 0 Å². The van der Waals surface area contributed by atoms with Crippen LogP contribution in [-0.2, 0) is 0 Å². The second-order valence-corrected chi connectivity index (χ2v) is 10.3. The smallest absolute Gasteiger partial charge is 0.0910 e. The van der Waals surface area contributed by atoms with E-state index < -0.39 is 5.60 Å². The molecule has 2 nitrogen and oxygen atoms in total. The van der Waals surface area contributed by atoms with Crippen LogP contribution in [0.3, 0.4) is 0 Å². The molecule has 4 fully saturated rings. The van der Waals surface area contributed by atoms with Gasteiger partial charge in [0.2, 0.25) is 0 Å². The topological polar surface area (TPSA) is 40.5 Å². The lowest BCUT2D eigenvalue weighted by Crippen LogP contribution is -2.55. The number of hydrogen-bond acceptors (Lipinski definition) is 2. The molecular weight excluding hydrogens is 272 g/mol. The molecule has 4 rings (SSSR count). The van der Waals surface area contributed by atoms with Crippen molar-refractivity contribution in [1.82, 2.24) is 0 Å². The van der Waals surface area contributed by atoms with E-state index in [1.165, 1.54) is 44.9 Å². The van der Waals surface area contributed by atoms with Crippen molar-refractivity contribution in [2.24, 2.45) is 34.0 Å². The first-order chi connectivity index (χ1) is 10.3. The third-order valence-corrected chi connectivity index (χ3v) is 8.89. The maximum atomic E-state index is 10.9. The molecule has 0 saturated heterocycles. The molecule has 0 aromatic rings. The molecule has 1 spiro atoms. The first-order valence-corrected chi connectivity index (χ1v) is 9.59. The predicted molar refractivity (Wildman–Crippen MR) is 88.4 cm³/mol. The van der Waals surface area contributed by atoms with Crippen molar-refractivity contribution in [3.05, 3.63) is 0 Å². The Labute approximate surface area is 135 Å². The van der Waals surface area contributed by atoms with Crippen LogP contribution in [0.15, 0.2) is 0 Å². The fraction of sp³-hybridized carbons (Fsp3) is 1.00. The highest BCUT2D eigenvalue weighted by atomic mass is 16.3. The zero-order chi connectivity index (χ0) is 15.8. The average molecular weight is 306 g/mol.